The van der Waals surface area contributed by atoms with E-state index in [1.807, 2.05) is 6.08 Å². The third-order valence-electron chi connectivity index (χ3n) is 5.22. The summed E-state index contributed by atoms with van der Waals surface area (Å²) in [5, 5.41) is 0. The van der Waals surface area contributed by atoms with Crippen LogP contribution in [0.3, 0.4) is 0 Å². The fraction of sp³-hybridized carbons (Fsp3) is 0.765. The molecule has 2 aliphatic rings. The minimum atomic E-state index is -4.62. The molecular formula is C17H26F3NO. The first kappa shape index (κ1) is 17.4. The van der Waals surface area contributed by atoms with E-state index in [4.69, 9.17) is 0 Å². The Bertz CT molecular complexity index is 447. The van der Waals surface area contributed by atoms with Crippen molar-refractivity contribution in [3.05, 3.63) is 24.0 Å². The standard InChI is InChI=1S/C17H26F3NO/c1-15(11-7-14(8-12-15)22-17(18,19)20)16(13-21(2)3)9-5-4-6-10-16/h7-8,11H,4-6,9-10,12-13H2,1-3H3. The number of allylic oxidation sites excluding steroid dienone is 3. The van der Waals surface area contributed by atoms with Gasteiger partial charge >= 0.3 is 6.36 Å². The van der Waals surface area contributed by atoms with E-state index < -0.39 is 6.36 Å². The van der Waals surface area contributed by atoms with Gasteiger partial charge in [0.05, 0.1) is 0 Å². The normalized spacial score (nSPS) is 28.6. The van der Waals surface area contributed by atoms with Crippen molar-refractivity contribution in [3.8, 4) is 0 Å². The van der Waals surface area contributed by atoms with Crippen molar-refractivity contribution in [2.75, 3.05) is 20.6 Å². The van der Waals surface area contributed by atoms with Crippen molar-refractivity contribution in [3.63, 3.8) is 0 Å². The van der Waals surface area contributed by atoms with Crippen LogP contribution in [0.1, 0.15) is 45.4 Å². The maximum Gasteiger partial charge on any atom is 0.573 e. The summed E-state index contributed by atoms with van der Waals surface area (Å²) in [6.07, 6.45) is 6.96. The minimum absolute atomic E-state index is 0.0826. The van der Waals surface area contributed by atoms with E-state index in [0.717, 1.165) is 19.4 Å². The van der Waals surface area contributed by atoms with E-state index >= 15 is 0 Å². The van der Waals surface area contributed by atoms with Crippen LogP contribution >= 0.6 is 0 Å². The monoisotopic (exact) mass is 317 g/mol. The minimum Gasteiger partial charge on any atom is -0.406 e. The maximum atomic E-state index is 12.3. The average Bonchev–Trinajstić information content (AvgIpc) is 2.40. The fourth-order valence-corrected chi connectivity index (χ4v) is 4.06. The van der Waals surface area contributed by atoms with Crippen molar-refractivity contribution >= 4 is 0 Å². The number of alkyl halides is 3. The van der Waals surface area contributed by atoms with Crippen molar-refractivity contribution in [1.29, 1.82) is 0 Å². The van der Waals surface area contributed by atoms with Gasteiger partial charge in [0, 0.05) is 6.54 Å². The lowest BCUT2D eigenvalue weighted by atomic mass is 9.55. The number of hydrogen-bond acceptors (Lipinski definition) is 2. The zero-order valence-corrected chi connectivity index (χ0v) is 13.7. The van der Waals surface area contributed by atoms with E-state index in [0.29, 0.717) is 6.42 Å². The first-order valence-electron chi connectivity index (χ1n) is 7.96. The van der Waals surface area contributed by atoms with E-state index in [9.17, 15) is 13.2 Å². The Morgan fingerprint density at radius 1 is 1.18 bits per heavy atom. The highest BCUT2D eigenvalue weighted by atomic mass is 19.4. The zero-order chi connectivity index (χ0) is 16.4. The summed E-state index contributed by atoms with van der Waals surface area (Å²) in [5.41, 5.74) is 0.0155. The van der Waals surface area contributed by atoms with Gasteiger partial charge < -0.3 is 9.64 Å². The molecule has 0 radical (unpaired) electrons. The van der Waals surface area contributed by atoms with Crippen LogP contribution in [0.4, 0.5) is 13.2 Å². The van der Waals surface area contributed by atoms with Crippen LogP contribution in [0.25, 0.3) is 0 Å². The van der Waals surface area contributed by atoms with Crippen LogP contribution in [-0.2, 0) is 4.74 Å². The summed E-state index contributed by atoms with van der Waals surface area (Å²) in [7, 11) is 4.14. The smallest absolute Gasteiger partial charge is 0.406 e. The summed E-state index contributed by atoms with van der Waals surface area (Å²) in [4.78, 5) is 2.20. The highest BCUT2D eigenvalue weighted by molar-refractivity contribution is 5.25. The van der Waals surface area contributed by atoms with Gasteiger partial charge in [-0.1, -0.05) is 32.3 Å². The molecule has 0 aromatic heterocycles. The SMILES string of the molecule is CN(C)CC1(C2(C)C=CC(OC(F)(F)F)=CC2)CCCCC1. The van der Waals surface area contributed by atoms with Gasteiger partial charge in [0.25, 0.3) is 0 Å². The van der Waals surface area contributed by atoms with Crippen LogP contribution in [0.15, 0.2) is 24.0 Å². The molecule has 2 rings (SSSR count). The molecule has 1 atom stereocenters. The van der Waals surface area contributed by atoms with Crippen LogP contribution in [-0.4, -0.2) is 31.9 Å². The molecule has 0 aromatic carbocycles. The molecule has 126 valence electrons. The number of halogens is 3. The number of ether oxygens (including phenoxy) is 1. The quantitative estimate of drug-likeness (QED) is 0.732. The van der Waals surface area contributed by atoms with Crippen molar-refractivity contribution in [2.45, 2.75) is 51.8 Å². The largest absolute Gasteiger partial charge is 0.573 e. The van der Waals surface area contributed by atoms with E-state index in [2.05, 4.69) is 30.7 Å². The molecule has 0 spiro atoms. The number of rotatable bonds is 4. The predicted octanol–water partition coefficient (Wildman–Crippen LogP) is 4.89. The molecule has 0 saturated heterocycles. The second-order valence-corrected chi connectivity index (χ2v) is 7.19. The summed E-state index contributed by atoms with van der Waals surface area (Å²) in [6, 6.07) is 0. The lowest BCUT2D eigenvalue weighted by Crippen LogP contribution is -2.47. The highest BCUT2D eigenvalue weighted by Gasteiger charge is 2.47. The topological polar surface area (TPSA) is 12.5 Å². The Hall–Kier alpha value is -0.970. The van der Waals surface area contributed by atoms with Gasteiger partial charge in [-0.25, -0.2) is 0 Å². The van der Waals surface area contributed by atoms with Gasteiger partial charge in [0.15, 0.2) is 0 Å². The molecule has 0 bridgehead atoms. The molecule has 0 N–H and O–H groups in total. The molecule has 0 aliphatic heterocycles. The van der Waals surface area contributed by atoms with Gasteiger partial charge in [0.1, 0.15) is 5.76 Å². The Balaban J connectivity index is 2.17. The molecule has 1 fully saturated rings. The highest BCUT2D eigenvalue weighted by Crippen LogP contribution is 2.54. The predicted molar refractivity (Wildman–Crippen MR) is 81.2 cm³/mol. The Labute approximate surface area is 131 Å². The molecule has 1 saturated carbocycles. The number of nitrogens with zero attached hydrogens (tertiary/aromatic N) is 1. The van der Waals surface area contributed by atoms with E-state index in [1.165, 1.54) is 25.3 Å². The lowest BCUT2D eigenvalue weighted by molar-refractivity contribution is -0.303. The molecule has 1 unspecified atom stereocenters. The third-order valence-corrected chi connectivity index (χ3v) is 5.22. The van der Waals surface area contributed by atoms with E-state index in [-0.39, 0.29) is 16.6 Å². The molecule has 0 aromatic rings. The Morgan fingerprint density at radius 3 is 2.27 bits per heavy atom. The molecule has 22 heavy (non-hydrogen) atoms. The van der Waals surface area contributed by atoms with Crippen molar-refractivity contribution in [2.24, 2.45) is 10.8 Å². The molecule has 2 aliphatic carbocycles. The summed E-state index contributed by atoms with van der Waals surface area (Å²) < 4.78 is 41.0. The van der Waals surface area contributed by atoms with Crippen LogP contribution in [0.2, 0.25) is 0 Å². The summed E-state index contributed by atoms with van der Waals surface area (Å²) in [6.45, 7) is 3.15. The average molecular weight is 317 g/mol. The molecule has 0 heterocycles. The first-order valence-corrected chi connectivity index (χ1v) is 7.96. The maximum absolute atomic E-state index is 12.3. The van der Waals surface area contributed by atoms with Gasteiger partial charge in [0.2, 0.25) is 0 Å². The number of hydrogen-bond donors (Lipinski definition) is 0. The third kappa shape index (κ3) is 3.86. The summed E-state index contributed by atoms with van der Waals surface area (Å²) in [5.74, 6) is -0.0826. The second kappa shape index (κ2) is 6.26. The molecule has 5 heteroatoms. The molecule has 2 nitrogen and oxygen atoms in total. The van der Waals surface area contributed by atoms with Crippen LogP contribution < -0.4 is 0 Å². The molecule has 0 amide bonds. The first-order chi connectivity index (χ1) is 10.2. The van der Waals surface area contributed by atoms with Crippen molar-refractivity contribution < 1.29 is 17.9 Å². The van der Waals surface area contributed by atoms with Crippen LogP contribution in [0, 0.1) is 10.8 Å². The summed E-state index contributed by atoms with van der Waals surface area (Å²) >= 11 is 0. The van der Waals surface area contributed by atoms with Gasteiger partial charge in [-0.2, -0.15) is 0 Å². The fourth-order valence-electron chi connectivity index (χ4n) is 4.06. The zero-order valence-electron chi connectivity index (χ0n) is 13.7. The van der Waals surface area contributed by atoms with Gasteiger partial charge in [-0.05, 0) is 56.3 Å². The van der Waals surface area contributed by atoms with Crippen molar-refractivity contribution in [1.82, 2.24) is 4.90 Å². The van der Waals surface area contributed by atoms with Crippen LogP contribution in [0.5, 0.6) is 0 Å². The molecular weight excluding hydrogens is 291 g/mol. The van der Waals surface area contributed by atoms with E-state index in [1.54, 1.807) is 6.08 Å². The van der Waals surface area contributed by atoms with Gasteiger partial charge in [-0.15, -0.1) is 13.2 Å². The Kier molecular flexibility index (Phi) is 4.95. The van der Waals surface area contributed by atoms with Gasteiger partial charge in [-0.3, -0.25) is 0 Å². The second-order valence-electron chi connectivity index (χ2n) is 7.19. The Morgan fingerprint density at radius 2 is 1.82 bits per heavy atom. The lowest BCUT2D eigenvalue weighted by Gasteiger charge is -2.52.